The van der Waals surface area contributed by atoms with Crippen molar-refractivity contribution in [2.24, 2.45) is 0 Å². The van der Waals surface area contributed by atoms with Crippen LogP contribution in [-0.2, 0) is 11.3 Å². The molecule has 0 amide bonds. The van der Waals surface area contributed by atoms with Crippen LogP contribution in [0.1, 0.15) is 16.1 Å². The van der Waals surface area contributed by atoms with E-state index in [1.165, 1.54) is 0 Å². The van der Waals surface area contributed by atoms with Crippen molar-refractivity contribution in [3.63, 3.8) is 0 Å². The summed E-state index contributed by atoms with van der Waals surface area (Å²) in [7, 11) is 0. The summed E-state index contributed by atoms with van der Waals surface area (Å²) in [5, 5.41) is 1.20. The zero-order chi connectivity index (χ0) is 18.0. The molecule has 1 heterocycles. The van der Waals surface area contributed by atoms with E-state index in [0.717, 1.165) is 3.57 Å². The van der Waals surface area contributed by atoms with Gasteiger partial charge in [0.25, 0.3) is 0 Å². The maximum Gasteiger partial charge on any atom is 0.340 e. The van der Waals surface area contributed by atoms with Gasteiger partial charge in [0.15, 0.2) is 0 Å². The third kappa shape index (κ3) is 4.31. The smallest absolute Gasteiger partial charge is 0.340 e. The molecule has 3 nitrogen and oxygen atoms in total. The fourth-order valence-electron chi connectivity index (χ4n) is 2.16. The molecule has 1 aromatic heterocycles. The Bertz CT molecular complexity index is 937. The average molecular weight is 508 g/mol. The largest absolute Gasteiger partial charge is 0.457 e. The highest BCUT2D eigenvalue weighted by Crippen LogP contribution is 2.34. The number of ether oxygens (including phenoxy) is 1. The van der Waals surface area contributed by atoms with Gasteiger partial charge in [0.05, 0.1) is 20.6 Å². The molecule has 0 N–H and O–H groups in total. The maximum atomic E-state index is 12.2. The zero-order valence-electron chi connectivity index (χ0n) is 12.6. The lowest BCUT2D eigenvalue weighted by atomic mass is 10.2. The number of hydrogen-bond acceptors (Lipinski definition) is 3. The van der Waals surface area contributed by atoms with Gasteiger partial charge in [0.1, 0.15) is 18.1 Å². The van der Waals surface area contributed by atoms with Crippen molar-refractivity contribution >= 4 is 63.4 Å². The van der Waals surface area contributed by atoms with Crippen molar-refractivity contribution in [3.8, 4) is 11.3 Å². The number of rotatable bonds is 4. The molecular formula is C18H10Cl3IO3. The Morgan fingerprint density at radius 1 is 1.04 bits per heavy atom. The summed E-state index contributed by atoms with van der Waals surface area (Å²) in [6.07, 6.45) is 0. The molecule has 0 aliphatic carbocycles. The van der Waals surface area contributed by atoms with Gasteiger partial charge in [-0.2, -0.15) is 0 Å². The normalized spacial score (nSPS) is 10.7. The van der Waals surface area contributed by atoms with Crippen LogP contribution in [0.5, 0.6) is 0 Å². The Kier molecular flexibility index (Phi) is 5.94. The van der Waals surface area contributed by atoms with E-state index in [2.05, 4.69) is 22.6 Å². The van der Waals surface area contributed by atoms with Gasteiger partial charge in [-0.1, -0.05) is 40.9 Å². The van der Waals surface area contributed by atoms with Crippen LogP contribution in [0.3, 0.4) is 0 Å². The van der Waals surface area contributed by atoms with Gasteiger partial charge >= 0.3 is 5.97 Å². The lowest BCUT2D eigenvalue weighted by Gasteiger charge is -2.06. The third-order valence-corrected chi connectivity index (χ3v) is 5.19. The van der Waals surface area contributed by atoms with Crippen LogP contribution in [0.25, 0.3) is 11.3 Å². The highest BCUT2D eigenvalue weighted by Gasteiger charge is 2.15. The molecule has 7 heteroatoms. The standard InChI is InChI=1S/C18H10Cl3IO3/c19-14-6-4-10(22)8-13(14)18(23)24-9-11-5-7-16(25-11)12-2-1-3-15(20)17(12)21/h1-8H,9H2. The van der Waals surface area contributed by atoms with E-state index in [9.17, 15) is 4.79 Å². The lowest BCUT2D eigenvalue weighted by molar-refractivity contribution is 0.0446. The molecule has 0 radical (unpaired) electrons. The second-order valence-corrected chi connectivity index (χ2v) is 7.51. The zero-order valence-corrected chi connectivity index (χ0v) is 17.0. The van der Waals surface area contributed by atoms with Crippen molar-refractivity contribution in [3.05, 3.63) is 78.5 Å². The predicted molar refractivity (Wildman–Crippen MR) is 107 cm³/mol. The summed E-state index contributed by atoms with van der Waals surface area (Å²) >= 11 is 20.3. The molecule has 0 saturated heterocycles. The summed E-state index contributed by atoms with van der Waals surface area (Å²) < 4.78 is 11.9. The van der Waals surface area contributed by atoms with Gasteiger partial charge in [-0.15, -0.1) is 0 Å². The first-order chi connectivity index (χ1) is 12.0. The summed E-state index contributed by atoms with van der Waals surface area (Å²) in [6.45, 7) is -0.0151. The van der Waals surface area contributed by atoms with Crippen molar-refractivity contribution in [1.29, 1.82) is 0 Å². The Morgan fingerprint density at radius 2 is 1.84 bits per heavy atom. The molecule has 0 aliphatic heterocycles. The molecule has 128 valence electrons. The number of carbonyl (C=O) groups is 1. The van der Waals surface area contributed by atoms with Gasteiger partial charge in [-0.25, -0.2) is 4.79 Å². The number of benzene rings is 2. The minimum Gasteiger partial charge on any atom is -0.457 e. The van der Waals surface area contributed by atoms with Crippen LogP contribution in [0.15, 0.2) is 52.9 Å². The lowest BCUT2D eigenvalue weighted by Crippen LogP contribution is -2.06. The van der Waals surface area contributed by atoms with E-state index in [1.54, 1.807) is 42.5 Å². The number of carbonyl (C=O) groups excluding carboxylic acids is 1. The number of esters is 1. The van der Waals surface area contributed by atoms with Crippen molar-refractivity contribution in [1.82, 2.24) is 0 Å². The van der Waals surface area contributed by atoms with Gasteiger partial charge in [0, 0.05) is 9.13 Å². The average Bonchev–Trinajstić information content (AvgIpc) is 3.06. The van der Waals surface area contributed by atoms with E-state index in [4.69, 9.17) is 44.0 Å². The van der Waals surface area contributed by atoms with Gasteiger partial charge < -0.3 is 9.15 Å². The van der Waals surface area contributed by atoms with Gasteiger partial charge in [-0.3, -0.25) is 0 Å². The topological polar surface area (TPSA) is 39.4 Å². The summed E-state index contributed by atoms with van der Waals surface area (Å²) in [4.78, 5) is 12.2. The Labute approximate surface area is 173 Å². The SMILES string of the molecule is O=C(OCc1ccc(-c2cccc(Cl)c2Cl)o1)c1cc(I)ccc1Cl. The monoisotopic (exact) mass is 506 g/mol. The summed E-state index contributed by atoms with van der Waals surface area (Å²) in [5.74, 6) is 0.522. The second kappa shape index (κ2) is 7.99. The minimum absolute atomic E-state index is 0.0151. The first-order valence-electron chi connectivity index (χ1n) is 7.11. The van der Waals surface area contributed by atoms with Crippen molar-refractivity contribution < 1.29 is 13.9 Å². The fraction of sp³-hybridized carbons (Fsp3) is 0.0556. The van der Waals surface area contributed by atoms with E-state index in [0.29, 0.717) is 37.7 Å². The van der Waals surface area contributed by atoms with Crippen LogP contribution in [-0.4, -0.2) is 5.97 Å². The molecule has 25 heavy (non-hydrogen) atoms. The fourth-order valence-corrected chi connectivity index (χ4v) is 3.24. The van der Waals surface area contributed by atoms with Crippen LogP contribution in [0.4, 0.5) is 0 Å². The first kappa shape index (κ1) is 18.6. The minimum atomic E-state index is -0.512. The Balaban J connectivity index is 1.73. The van der Waals surface area contributed by atoms with Gasteiger partial charge in [-0.05, 0) is 65.1 Å². The molecule has 3 aromatic rings. The molecule has 0 fully saturated rings. The molecule has 0 unspecified atom stereocenters. The quantitative estimate of drug-likeness (QED) is 0.286. The predicted octanol–water partition coefficient (Wildman–Crippen LogP) is 6.87. The van der Waals surface area contributed by atoms with E-state index < -0.39 is 5.97 Å². The van der Waals surface area contributed by atoms with E-state index >= 15 is 0 Å². The van der Waals surface area contributed by atoms with Crippen LogP contribution in [0, 0.1) is 3.57 Å². The molecule has 2 aromatic carbocycles. The highest BCUT2D eigenvalue weighted by atomic mass is 127. The van der Waals surface area contributed by atoms with Crippen molar-refractivity contribution in [2.45, 2.75) is 6.61 Å². The first-order valence-corrected chi connectivity index (χ1v) is 9.32. The Morgan fingerprint density at radius 3 is 2.64 bits per heavy atom. The highest BCUT2D eigenvalue weighted by molar-refractivity contribution is 14.1. The molecule has 0 bridgehead atoms. The summed E-state index contributed by atoms with van der Waals surface area (Å²) in [5.41, 5.74) is 0.991. The van der Waals surface area contributed by atoms with Crippen LogP contribution >= 0.6 is 57.4 Å². The molecule has 0 saturated carbocycles. The number of furan rings is 1. The maximum absolute atomic E-state index is 12.2. The van der Waals surface area contributed by atoms with E-state index in [-0.39, 0.29) is 6.61 Å². The number of halogens is 4. The molecule has 3 rings (SSSR count). The molecular weight excluding hydrogens is 497 g/mol. The molecule has 0 spiro atoms. The Hall–Kier alpha value is -1.21. The molecule has 0 aliphatic rings. The second-order valence-electron chi connectivity index (χ2n) is 5.07. The summed E-state index contributed by atoms with van der Waals surface area (Å²) in [6, 6.07) is 13.9. The number of hydrogen-bond donors (Lipinski definition) is 0. The van der Waals surface area contributed by atoms with Crippen molar-refractivity contribution in [2.75, 3.05) is 0 Å². The van der Waals surface area contributed by atoms with Crippen LogP contribution < -0.4 is 0 Å². The van der Waals surface area contributed by atoms with Crippen LogP contribution in [0.2, 0.25) is 15.1 Å². The molecule has 0 atom stereocenters. The van der Waals surface area contributed by atoms with Gasteiger partial charge in [0.2, 0.25) is 0 Å². The van der Waals surface area contributed by atoms with E-state index in [1.807, 2.05) is 6.07 Å². The third-order valence-electron chi connectivity index (χ3n) is 3.37.